The summed E-state index contributed by atoms with van der Waals surface area (Å²) in [5.41, 5.74) is 0.216. The molecule has 1 atom stereocenters. The minimum Gasteiger partial charge on any atom is -0.444 e. The van der Waals surface area contributed by atoms with Crippen LogP contribution in [-0.2, 0) is 11.3 Å². The van der Waals surface area contributed by atoms with Crippen LogP contribution in [0.15, 0.2) is 18.2 Å². The first kappa shape index (κ1) is 22.1. The summed E-state index contributed by atoms with van der Waals surface area (Å²) < 4.78 is 5.32. The van der Waals surface area contributed by atoms with Crippen molar-refractivity contribution in [3.05, 3.63) is 33.8 Å². The van der Waals surface area contributed by atoms with Gasteiger partial charge in [-0.1, -0.05) is 37.0 Å². The molecule has 0 radical (unpaired) electrons. The predicted octanol–water partition coefficient (Wildman–Crippen LogP) is 5.41. The highest BCUT2D eigenvalue weighted by Crippen LogP contribution is 2.21. The highest BCUT2D eigenvalue weighted by atomic mass is 35.5. The van der Waals surface area contributed by atoms with Crippen molar-refractivity contribution in [3.8, 4) is 0 Å². The summed E-state index contributed by atoms with van der Waals surface area (Å²) in [5.74, 6) is 0.473. The normalized spacial score (nSPS) is 14.3. The molecule has 142 valence electrons. The fourth-order valence-electron chi connectivity index (χ4n) is 2.72. The Morgan fingerprint density at radius 2 is 1.68 bits per heavy atom. The molecule has 1 amide bonds. The molecule has 0 saturated heterocycles. The first-order valence-corrected chi connectivity index (χ1v) is 9.31. The van der Waals surface area contributed by atoms with E-state index in [0.717, 1.165) is 12.0 Å². The van der Waals surface area contributed by atoms with E-state index in [4.69, 9.17) is 27.9 Å². The maximum absolute atomic E-state index is 12.0. The lowest BCUT2D eigenvalue weighted by atomic mass is 9.90. The lowest BCUT2D eigenvalue weighted by molar-refractivity contribution is 0.0507. The largest absolute Gasteiger partial charge is 0.444 e. The van der Waals surface area contributed by atoms with Crippen molar-refractivity contribution in [1.82, 2.24) is 10.6 Å². The van der Waals surface area contributed by atoms with Crippen molar-refractivity contribution in [2.75, 3.05) is 6.54 Å². The van der Waals surface area contributed by atoms with E-state index in [9.17, 15) is 4.79 Å². The molecule has 2 N–H and O–H groups in total. The second-order valence-electron chi connectivity index (χ2n) is 8.15. The van der Waals surface area contributed by atoms with E-state index < -0.39 is 11.7 Å². The molecule has 0 fully saturated rings. The number of rotatable bonds is 7. The summed E-state index contributed by atoms with van der Waals surface area (Å²) in [4.78, 5) is 12.0. The van der Waals surface area contributed by atoms with E-state index in [0.29, 0.717) is 29.1 Å². The molecule has 25 heavy (non-hydrogen) atoms. The summed E-state index contributed by atoms with van der Waals surface area (Å²) in [6.07, 6.45) is 0.493. The fraction of sp³-hybridized carbons (Fsp3) is 0.632. The van der Waals surface area contributed by atoms with Gasteiger partial charge in [-0.2, -0.15) is 0 Å². The third kappa shape index (κ3) is 9.34. The molecule has 0 aliphatic heterocycles. The number of hydrogen-bond donors (Lipinski definition) is 2. The number of hydrogen-bond acceptors (Lipinski definition) is 3. The molecule has 0 bridgehead atoms. The molecule has 4 nitrogen and oxygen atoms in total. The zero-order valence-corrected chi connectivity index (χ0v) is 17.5. The van der Waals surface area contributed by atoms with Crippen molar-refractivity contribution < 1.29 is 9.53 Å². The fourth-order valence-corrected chi connectivity index (χ4v) is 3.29. The van der Waals surface area contributed by atoms with Gasteiger partial charge in [-0.05, 0) is 63.8 Å². The van der Waals surface area contributed by atoms with Gasteiger partial charge in [0.05, 0.1) is 0 Å². The first-order chi connectivity index (χ1) is 11.4. The minimum absolute atomic E-state index is 0.278. The number of amides is 1. The molecule has 1 unspecified atom stereocenters. The first-order valence-electron chi connectivity index (χ1n) is 8.55. The number of ether oxygens (including phenoxy) is 1. The van der Waals surface area contributed by atoms with Gasteiger partial charge in [0, 0.05) is 28.7 Å². The summed E-state index contributed by atoms with van der Waals surface area (Å²) in [5, 5.41) is 7.62. The Balaban J connectivity index is 2.72. The Hall–Kier alpha value is -0.970. The van der Waals surface area contributed by atoms with Gasteiger partial charge in [-0.3, -0.25) is 0 Å². The number of carbonyl (C=O) groups is 1. The molecular formula is C19H30Cl2N2O2. The van der Waals surface area contributed by atoms with Crippen molar-refractivity contribution in [2.45, 2.75) is 65.6 Å². The van der Waals surface area contributed by atoms with E-state index in [-0.39, 0.29) is 5.54 Å². The standard InChI is InChI=1S/C19H30Cl2N2O2/c1-13(2)10-19(6,12-22-17(24)25-18(3,4)5)23-11-14-7-15(20)9-16(21)8-14/h7-9,13,23H,10-12H2,1-6H3,(H,22,24). The van der Waals surface area contributed by atoms with Crippen LogP contribution in [0.3, 0.4) is 0 Å². The van der Waals surface area contributed by atoms with Crippen LogP contribution >= 0.6 is 23.2 Å². The second-order valence-corrected chi connectivity index (χ2v) is 9.02. The van der Waals surface area contributed by atoms with Gasteiger partial charge in [0.2, 0.25) is 0 Å². The number of halogens is 2. The molecule has 1 aromatic carbocycles. The Bertz CT molecular complexity index is 565. The van der Waals surface area contributed by atoms with E-state index >= 15 is 0 Å². The number of nitrogens with one attached hydrogen (secondary N) is 2. The summed E-state index contributed by atoms with van der Waals surface area (Å²) in [6.45, 7) is 13.0. The molecule has 6 heteroatoms. The highest BCUT2D eigenvalue weighted by molar-refractivity contribution is 6.34. The van der Waals surface area contributed by atoms with Gasteiger partial charge in [0.15, 0.2) is 0 Å². The van der Waals surface area contributed by atoms with Gasteiger partial charge >= 0.3 is 6.09 Å². The Kier molecular flexibility index (Phi) is 8.04. The summed E-state index contributed by atoms with van der Waals surface area (Å²) in [7, 11) is 0. The smallest absolute Gasteiger partial charge is 0.407 e. The van der Waals surface area contributed by atoms with Gasteiger partial charge in [-0.15, -0.1) is 0 Å². The van der Waals surface area contributed by atoms with Crippen LogP contribution in [0.4, 0.5) is 4.79 Å². The maximum Gasteiger partial charge on any atom is 0.407 e. The molecule has 0 saturated carbocycles. The second kappa shape index (κ2) is 9.11. The van der Waals surface area contributed by atoms with Crippen molar-refractivity contribution in [3.63, 3.8) is 0 Å². The quantitative estimate of drug-likeness (QED) is 0.655. The lowest BCUT2D eigenvalue weighted by Gasteiger charge is -2.33. The van der Waals surface area contributed by atoms with Gasteiger partial charge in [0.25, 0.3) is 0 Å². The van der Waals surface area contributed by atoms with Crippen molar-refractivity contribution in [2.24, 2.45) is 5.92 Å². The van der Waals surface area contributed by atoms with E-state index in [1.54, 1.807) is 6.07 Å². The molecule has 0 heterocycles. The average molecular weight is 389 g/mol. The van der Waals surface area contributed by atoms with E-state index in [1.807, 2.05) is 32.9 Å². The van der Waals surface area contributed by atoms with Crippen LogP contribution in [0.2, 0.25) is 10.0 Å². The summed E-state index contributed by atoms with van der Waals surface area (Å²) in [6, 6.07) is 5.49. The van der Waals surface area contributed by atoms with Crippen LogP contribution < -0.4 is 10.6 Å². The maximum atomic E-state index is 12.0. The van der Waals surface area contributed by atoms with Gasteiger partial charge in [-0.25, -0.2) is 4.79 Å². The van der Waals surface area contributed by atoms with E-state index in [2.05, 4.69) is 31.4 Å². The monoisotopic (exact) mass is 388 g/mol. The van der Waals surface area contributed by atoms with E-state index in [1.165, 1.54) is 0 Å². The van der Waals surface area contributed by atoms with Crippen LogP contribution in [0.5, 0.6) is 0 Å². The average Bonchev–Trinajstić information content (AvgIpc) is 2.40. The number of benzene rings is 1. The molecular weight excluding hydrogens is 359 g/mol. The molecule has 1 rings (SSSR count). The van der Waals surface area contributed by atoms with Crippen molar-refractivity contribution >= 4 is 29.3 Å². The lowest BCUT2D eigenvalue weighted by Crippen LogP contribution is -2.52. The zero-order valence-electron chi connectivity index (χ0n) is 16.0. The molecule has 1 aromatic rings. The Labute approximate surface area is 161 Å². The highest BCUT2D eigenvalue weighted by Gasteiger charge is 2.27. The summed E-state index contributed by atoms with van der Waals surface area (Å²) >= 11 is 12.1. The third-order valence-electron chi connectivity index (χ3n) is 3.52. The van der Waals surface area contributed by atoms with Gasteiger partial charge < -0.3 is 15.4 Å². The van der Waals surface area contributed by atoms with Crippen molar-refractivity contribution in [1.29, 1.82) is 0 Å². The molecule has 0 aliphatic carbocycles. The number of alkyl carbamates (subject to hydrolysis) is 1. The Morgan fingerprint density at radius 1 is 1.12 bits per heavy atom. The number of carbonyl (C=O) groups excluding carboxylic acids is 1. The Morgan fingerprint density at radius 3 is 2.16 bits per heavy atom. The predicted molar refractivity (Wildman–Crippen MR) is 105 cm³/mol. The minimum atomic E-state index is -0.510. The molecule has 0 spiro atoms. The SMILES string of the molecule is CC(C)CC(C)(CNC(=O)OC(C)(C)C)NCc1cc(Cl)cc(Cl)c1. The van der Waals surface area contributed by atoms with Crippen LogP contribution in [0.1, 0.15) is 53.5 Å². The van der Waals surface area contributed by atoms with Crippen LogP contribution in [0.25, 0.3) is 0 Å². The van der Waals surface area contributed by atoms with Crippen LogP contribution in [-0.4, -0.2) is 23.8 Å². The molecule has 0 aliphatic rings. The van der Waals surface area contributed by atoms with Crippen LogP contribution in [0, 0.1) is 5.92 Å². The third-order valence-corrected chi connectivity index (χ3v) is 3.96. The topological polar surface area (TPSA) is 50.4 Å². The van der Waals surface area contributed by atoms with Gasteiger partial charge in [0.1, 0.15) is 5.60 Å². The molecule has 0 aromatic heterocycles. The zero-order chi connectivity index (χ0) is 19.3.